The van der Waals surface area contributed by atoms with E-state index in [9.17, 15) is 14.3 Å². The second kappa shape index (κ2) is 32.4. The number of carbonyl (C=O) groups is 1. The number of phosphoric ester groups is 1. The van der Waals surface area contributed by atoms with E-state index in [0.717, 1.165) is 32.1 Å². The van der Waals surface area contributed by atoms with Gasteiger partial charge in [0.2, 0.25) is 0 Å². The van der Waals surface area contributed by atoms with E-state index in [1.807, 2.05) is 21.1 Å². The molecule has 0 aromatic rings. The van der Waals surface area contributed by atoms with Crippen LogP contribution in [0.3, 0.4) is 0 Å². The average Bonchev–Trinajstić information content (AvgIpc) is 3.01. The molecule has 47 heavy (non-hydrogen) atoms. The lowest BCUT2D eigenvalue weighted by Crippen LogP contribution is -2.37. The van der Waals surface area contributed by atoms with Crippen molar-refractivity contribution >= 4 is 13.8 Å². The summed E-state index contributed by atoms with van der Waals surface area (Å²) in [5, 5.41) is 0. The highest BCUT2D eigenvalue weighted by molar-refractivity contribution is 7.47. The van der Waals surface area contributed by atoms with E-state index in [-0.39, 0.29) is 25.8 Å². The highest BCUT2D eigenvalue weighted by atomic mass is 31.2. The summed E-state index contributed by atoms with van der Waals surface area (Å²) in [4.78, 5) is 22.7. The summed E-state index contributed by atoms with van der Waals surface area (Å²) in [5.74, 6) is -0.318. The number of esters is 1. The lowest BCUT2D eigenvalue weighted by atomic mass is 10.1. The summed E-state index contributed by atoms with van der Waals surface area (Å²) in [6, 6.07) is 0. The molecule has 1 N–H and O–H groups in total. The van der Waals surface area contributed by atoms with Crippen LogP contribution >= 0.6 is 7.82 Å². The molecule has 0 radical (unpaired) electrons. The van der Waals surface area contributed by atoms with Crippen molar-refractivity contribution in [1.82, 2.24) is 0 Å². The summed E-state index contributed by atoms with van der Waals surface area (Å²) in [7, 11) is 1.67. The monoisotopic (exact) mass is 691 g/mol. The lowest BCUT2D eigenvalue weighted by Gasteiger charge is -2.24. The molecule has 0 aliphatic carbocycles. The van der Waals surface area contributed by atoms with Crippen LogP contribution < -0.4 is 0 Å². The third-order valence-corrected chi connectivity index (χ3v) is 9.31. The van der Waals surface area contributed by atoms with E-state index >= 15 is 0 Å². The molecule has 0 aromatic heterocycles. The largest absolute Gasteiger partial charge is 0.472 e. The number of nitrogens with zero attached hydrogens (tertiary/aromatic N) is 1. The van der Waals surface area contributed by atoms with Crippen LogP contribution in [0.25, 0.3) is 0 Å². The average molecular weight is 691 g/mol. The fourth-order valence-corrected chi connectivity index (χ4v) is 5.99. The minimum atomic E-state index is -4.26. The predicted molar refractivity (Wildman–Crippen MR) is 197 cm³/mol. The minimum Gasteiger partial charge on any atom is -0.457 e. The van der Waals surface area contributed by atoms with Gasteiger partial charge in [0, 0.05) is 13.0 Å². The first-order chi connectivity index (χ1) is 22.6. The Balaban J connectivity index is 4.24. The van der Waals surface area contributed by atoms with Crippen molar-refractivity contribution in [3.05, 3.63) is 12.2 Å². The maximum atomic E-state index is 12.6. The molecule has 0 fully saturated rings. The standard InChI is InChI=1S/C38H76NO7P/c1-6-8-10-12-14-16-17-18-19-20-21-22-24-26-28-30-33-43-35-37(36-45-47(41,42)44-34-32-39(3,4)5)46-38(40)31-29-27-25-23-15-13-11-9-7-2/h18-19,37H,6-17,20-36H2,1-5H3/p+1/b19-18-. The van der Waals surface area contributed by atoms with Gasteiger partial charge in [-0.05, 0) is 38.5 Å². The summed E-state index contributed by atoms with van der Waals surface area (Å²) >= 11 is 0. The topological polar surface area (TPSA) is 91.3 Å². The number of allylic oxidation sites excluding steroid dienone is 2. The number of hydrogen-bond donors (Lipinski definition) is 1. The van der Waals surface area contributed by atoms with Crippen LogP contribution in [0.5, 0.6) is 0 Å². The van der Waals surface area contributed by atoms with Gasteiger partial charge in [0.15, 0.2) is 0 Å². The van der Waals surface area contributed by atoms with Crippen LogP contribution in [0.4, 0.5) is 0 Å². The quantitative estimate of drug-likeness (QED) is 0.0230. The molecule has 0 amide bonds. The summed E-state index contributed by atoms with van der Waals surface area (Å²) in [6.07, 6.45) is 32.4. The summed E-state index contributed by atoms with van der Waals surface area (Å²) < 4.78 is 34.8. The van der Waals surface area contributed by atoms with Gasteiger partial charge >= 0.3 is 13.8 Å². The number of ether oxygens (including phenoxy) is 2. The van der Waals surface area contributed by atoms with Gasteiger partial charge in [0.1, 0.15) is 19.3 Å². The number of carbonyl (C=O) groups excluding carboxylic acids is 1. The van der Waals surface area contributed by atoms with Crippen molar-refractivity contribution in [3.8, 4) is 0 Å². The van der Waals surface area contributed by atoms with Gasteiger partial charge in [-0.25, -0.2) is 4.57 Å². The Hall–Kier alpha value is -0.760. The molecule has 280 valence electrons. The predicted octanol–water partition coefficient (Wildman–Crippen LogP) is 10.7. The third kappa shape index (κ3) is 36.3. The van der Waals surface area contributed by atoms with Gasteiger partial charge in [-0.2, -0.15) is 0 Å². The number of hydrogen-bond acceptors (Lipinski definition) is 6. The molecule has 0 aliphatic heterocycles. The maximum Gasteiger partial charge on any atom is 0.472 e. The van der Waals surface area contributed by atoms with Crippen LogP contribution in [0.1, 0.15) is 168 Å². The molecule has 0 rings (SSSR count). The van der Waals surface area contributed by atoms with Gasteiger partial charge in [-0.1, -0.05) is 135 Å². The number of rotatable bonds is 36. The highest BCUT2D eigenvalue weighted by Gasteiger charge is 2.26. The number of likely N-dealkylation sites (N-methyl/N-ethyl adjacent to an activating group) is 1. The molecule has 0 aromatic carbocycles. The molecule has 2 unspecified atom stereocenters. The smallest absolute Gasteiger partial charge is 0.457 e. The van der Waals surface area contributed by atoms with Gasteiger partial charge < -0.3 is 18.9 Å². The highest BCUT2D eigenvalue weighted by Crippen LogP contribution is 2.43. The van der Waals surface area contributed by atoms with Crippen LogP contribution in [0, 0.1) is 0 Å². The molecule has 0 heterocycles. The van der Waals surface area contributed by atoms with Crippen molar-refractivity contribution < 1.29 is 37.3 Å². The van der Waals surface area contributed by atoms with Gasteiger partial charge in [0.05, 0.1) is 34.4 Å². The molecular formula is C38H77NO7P+. The molecule has 0 bridgehead atoms. The molecule has 8 nitrogen and oxygen atoms in total. The lowest BCUT2D eigenvalue weighted by molar-refractivity contribution is -0.870. The number of quaternary nitrogens is 1. The van der Waals surface area contributed by atoms with Crippen LogP contribution in [0.15, 0.2) is 12.2 Å². The zero-order valence-electron chi connectivity index (χ0n) is 31.5. The van der Waals surface area contributed by atoms with Crippen molar-refractivity contribution in [2.45, 2.75) is 174 Å². The summed E-state index contributed by atoms with van der Waals surface area (Å²) in [6.45, 7) is 5.59. The first-order valence-electron chi connectivity index (χ1n) is 19.4. The van der Waals surface area contributed by atoms with E-state index in [1.54, 1.807) is 0 Å². The van der Waals surface area contributed by atoms with E-state index in [1.165, 1.54) is 116 Å². The molecule has 0 spiro atoms. The molecule has 0 aliphatic rings. The Morgan fingerprint density at radius 2 is 1.11 bits per heavy atom. The second-order valence-electron chi connectivity index (χ2n) is 14.3. The van der Waals surface area contributed by atoms with E-state index in [4.69, 9.17) is 18.5 Å². The SMILES string of the molecule is CCCCCCCC/C=C\CCCCCCCCOCC(COP(=O)(O)OCC[N+](C)(C)C)OC(=O)CCCCCCCCCCC. The Morgan fingerprint density at radius 3 is 1.62 bits per heavy atom. The van der Waals surface area contributed by atoms with Crippen LogP contribution in [0.2, 0.25) is 0 Å². The zero-order valence-corrected chi connectivity index (χ0v) is 32.4. The number of unbranched alkanes of at least 4 members (excludes halogenated alkanes) is 20. The molecule has 9 heteroatoms. The van der Waals surface area contributed by atoms with Gasteiger partial charge in [0.25, 0.3) is 0 Å². The normalized spacial score (nSPS) is 14.1. The van der Waals surface area contributed by atoms with E-state index in [2.05, 4.69) is 26.0 Å². The molecule has 0 saturated heterocycles. The Bertz CT molecular complexity index is 772. The van der Waals surface area contributed by atoms with Gasteiger partial charge in [-0.3, -0.25) is 13.8 Å². The Morgan fingerprint density at radius 1 is 0.638 bits per heavy atom. The second-order valence-corrected chi connectivity index (χ2v) is 15.8. The first-order valence-corrected chi connectivity index (χ1v) is 20.9. The Labute approximate surface area is 290 Å². The van der Waals surface area contributed by atoms with Crippen molar-refractivity contribution in [2.24, 2.45) is 0 Å². The fraction of sp³-hybridized carbons (Fsp3) is 0.921. The van der Waals surface area contributed by atoms with Crippen molar-refractivity contribution in [2.75, 3.05) is 54.1 Å². The van der Waals surface area contributed by atoms with E-state index < -0.39 is 13.9 Å². The third-order valence-electron chi connectivity index (χ3n) is 8.33. The van der Waals surface area contributed by atoms with Gasteiger partial charge in [-0.15, -0.1) is 0 Å². The molecule has 0 saturated carbocycles. The maximum absolute atomic E-state index is 12.6. The molecule has 2 atom stereocenters. The van der Waals surface area contributed by atoms with Crippen molar-refractivity contribution in [1.29, 1.82) is 0 Å². The number of phosphoric acid groups is 1. The fourth-order valence-electron chi connectivity index (χ4n) is 5.25. The molecular weight excluding hydrogens is 613 g/mol. The minimum absolute atomic E-state index is 0.0901. The zero-order chi connectivity index (χ0) is 34.9. The van der Waals surface area contributed by atoms with Crippen LogP contribution in [-0.4, -0.2) is 75.6 Å². The first kappa shape index (κ1) is 46.2. The Kier molecular flexibility index (Phi) is 31.9. The summed E-state index contributed by atoms with van der Waals surface area (Å²) in [5.41, 5.74) is 0. The van der Waals surface area contributed by atoms with Crippen molar-refractivity contribution in [3.63, 3.8) is 0 Å². The van der Waals surface area contributed by atoms with E-state index in [0.29, 0.717) is 24.1 Å². The van der Waals surface area contributed by atoms with Crippen LogP contribution in [-0.2, 0) is 27.9 Å².